The van der Waals surface area contributed by atoms with Gasteiger partial charge in [0, 0.05) is 0 Å². The van der Waals surface area contributed by atoms with E-state index in [1.54, 1.807) is 13.8 Å². The van der Waals surface area contributed by atoms with Crippen LogP contribution in [0.4, 0.5) is 0 Å². The van der Waals surface area contributed by atoms with Crippen molar-refractivity contribution in [3.8, 4) is 0 Å². The third kappa shape index (κ3) is 3.60. The zero-order chi connectivity index (χ0) is 14.8. The first kappa shape index (κ1) is 15.9. The van der Waals surface area contributed by atoms with E-state index in [0.29, 0.717) is 6.61 Å². The monoisotopic (exact) mass is 284 g/mol. The highest BCUT2D eigenvalue weighted by atomic mass is 16.6. The lowest BCUT2D eigenvalue weighted by Crippen LogP contribution is -2.48. The Morgan fingerprint density at radius 2 is 2.00 bits per heavy atom. The molecular formula is C16H28O4. The van der Waals surface area contributed by atoms with Crippen LogP contribution < -0.4 is 0 Å². The van der Waals surface area contributed by atoms with Crippen LogP contribution in [0.5, 0.6) is 0 Å². The number of epoxide rings is 1. The van der Waals surface area contributed by atoms with Crippen molar-refractivity contribution in [1.29, 1.82) is 0 Å². The van der Waals surface area contributed by atoms with E-state index in [2.05, 4.69) is 0 Å². The molecule has 1 saturated carbocycles. The van der Waals surface area contributed by atoms with Gasteiger partial charge in [-0.15, -0.1) is 0 Å². The summed E-state index contributed by atoms with van der Waals surface area (Å²) in [6.07, 6.45) is 7.72. The quantitative estimate of drug-likeness (QED) is 0.730. The van der Waals surface area contributed by atoms with E-state index in [9.17, 15) is 9.90 Å². The largest absolute Gasteiger partial charge is 0.387 e. The molecule has 4 nitrogen and oxygen atoms in total. The first-order valence-corrected chi connectivity index (χ1v) is 7.86. The van der Waals surface area contributed by atoms with E-state index < -0.39 is 11.2 Å². The molecule has 1 aliphatic heterocycles. The molecular weight excluding hydrogens is 256 g/mol. The minimum absolute atomic E-state index is 0.0396. The Bertz CT molecular complexity index is 335. The molecule has 0 aromatic carbocycles. The standard InChI is InChI=1S/C16H28O4/c1-12(9-13-7-5-4-6-8-13)19-10-14(17)16(11-20-16)15(2,3)18/h12-13,18H,4-11H2,1-3H3/t12-,16+/m0/s1. The van der Waals surface area contributed by atoms with Crippen LogP contribution in [0, 0.1) is 5.92 Å². The van der Waals surface area contributed by atoms with Crippen molar-refractivity contribution in [3.63, 3.8) is 0 Å². The Morgan fingerprint density at radius 1 is 1.40 bits per heavy atom. The predicted molar refractivity (Wildman–Crippen MR) is 76.6 cm³/mol. The Morgan fingerprint density at radius 3 is 2.50 bits per heavy atom. The van der Waals surface area contributed by atoms with E-state index in [0.717, 1.165) is 12.3 Å². The highest BCUT2D eigenvalue weighted by molar-refractivity contribution is 5.92. The molecule has 0 radical (unpaired) electrons. The molecule has 2 rings (SSSR count). The molecule has 0 bridgehead atoms. The normalized spacial score (nSPS) is 29.2. The van der Waals surface area contributed by atoms with Crippen LogP contribution in [0.3, 0.4) is 0 Å². The molecule has 0 aromatic rings. The molecule has 2 atom stereocenters. The smallest absolute Gasteiger partial charge is 0.195 e. The van der Waals surface area contributed by atoms with Gasteiger partial charge < -0.3 is 14.6 Å². The van der Waals surface area contributed by atoms with Crippen molar-refractivity contribution in [2.24, 2.45) is 5.92 Å². The first-order chi connectivity index (χ1) is 9.35. The van der Waals surface area contributed by atoms with Crippen molar-refractivity contribution < 1.29 is 19.4 Å². The van der Waals surface area contributed by atoms with E-state index in [1.807, 2.05) is 6.92 Å². The fourth-order valence-corrected chi connectivity index (χ4v) is 3.22. The van der Waals surface area contributed by atoms with Crippen molar-refractivity contribution in [1.82, 2.24) is 0 Å². The summed E-state index contributed by atoms with van der Waals surface area (Å²) >= 11 is 0. The number of aliphatic hydroxyl groups is 1. The third-order valence-electron chi connectivity index (χ3n) is 4.76. The minimum atomic E-state index is -1.14. The first-order valence-electron chi connectivity index (χ1n) is 7.86. The number of Topliss-reactive ketones (excluding diaryl/α,β-unsaturated/α-hetero) is 1. The summed E-state index contributed by atoms with van der Waals surface area (Å²) in [5.74, 6) is 0.606. The van der Waals surface area contributed by atoms with Crippen LogP contribution in [0.25, 0.3) is 0 Å². The maximum Gasteiger partial charge on any atom is 0.195 e. The topological polar surface area (TPSA) is 59.1 Å². The fraction of sp³-hybridized carbons (Fsp3) is 0.938. The van der Waals surface area contributed by atoms with Crippen LogP contribution in [-0.4, -0.2) is 41.4 Å². The van der Waals surface area contributed by atoms with Gasteiger partial charge in [0.2, 0.25) is 0 Å². The average Bonchev–Trinajstić information content (AvgIpc) is 3.18. The summed E-state index contributed by atoms with van der Waals surface area (Å²) in [7, 11) is 0. The van der Waals surface area contributed by atoms with Crippen LogP contribution in [-0.2, 0) is 14.3 Å². The summed E-state index contributed by atoms with van der Waals surface area (Å²) in [6.45, 7) is 5.60. The Kier molecular flexibility index (Phi) is 4.88. The summed E-state index contributed by atoms with van der Waals surface area (Å²) in [6, 6.07) is 0. The second-order valence-corrected chi connectivity index (χ2v) is 6.96. The van der Waals surface area contributed by atoms with E-state index in [4.69, 9.17) is 9.47 Å². The Labute approximate surface area is 121 Å². The lowest BCUT2D eigenvalue weighted by molar-refractivity contribution is -0.139. The Hall–Kier alpha value is -0.450. The van der Waals surface area contributed by atoms with Crippen LogP contribution >= 0.6 is 0 Å². The molecule has 20 heavy (non-hydrogen) atoms. The minimum Gasteiger partial charge on any atom is -0.387 e. The number of carbonyl (C=O) groups is 1. The number of carbonyl (C=O) groups excluding carboxylic acids is 1. The predicted octanol–water partition coefficient (Wildman–Crippen LogP) is 2.47. The zero-order valence-electron chi connectivity index (χ0n) is 13.0. The number of hydrogen-bond acceptors (Lipinski definition) is 4. The molecule has 0 aromatic heterocycles. The molecule has 2 fully saturated rings. The highest BCUT2D eigenvalue weighted by Crippen LogP contribution is 2.39. The SMILES string of the molecule is C[C@@H](CC1CCCCC1)OCC(=O)[C@@]1(C(C)(C)O)CO1. The summed E-state index contributed by atoms with van der Waals surface area (Å²) in [5, 5.41) is 10.0. The van der Waals surface area contributed by atoms with E-state index >= 15 is 0 Å². The molecule has 1 N–H and O–H groups in total. The fourth-order valence-electron chi connectivity index (χ4n) is 3.22. The summed E-state index contributed by atoms with van der Waals surface area (Å²) in [4.78, 5) is 12.2. The lowest BCUT2D eigenvalue weighted by atomic mass is 9.85. The van der Waals surface area contributed by atoms with Gasteiger partial charge in [0.1, 0.15) is 6.61 Å². The molecule has 2 aliphatic rings. The van der Waals surface area contributed by atoms with Crippen molar-refractivity contribution in [3.05, 3.63) is 0 Å². The van der Waals surface area contributed by atoms with Gasteiger partial charge in [-0.05, 0) is 33.1 Å². The number of hydrogen-bond donors (Lipinski definition) is 1. The molecule has 0 unspecified atom stereocenters. The lowest BCUT2D eigenvalue weighted by Gasteiger charge is -2.27. The van der Waals surface area contributed by atoms with Gasteiger partial charge in [-0.3, -0.25) is 4.79 Å². The summed E-state index contributed by atoms with van der Waals surface area (Å²) in [5.41, 5.74) is -2.17. The average molecular weight is 284 g/mol. The van der Waals surface area contributed by atoms with Gasteiger partial charge in [0.25, 0.3) is 0 Å². The van der Waals surface area contributed by atoms with Gasteiger partial charge >= 0.3 is 0 Å². The Balaban J connectivity index is 1.73. The maximum atomic E-state index is 12.2. The number of rotatable bonds is 7. The molecule has 1 saturated heterocycles. The molecule has 1 heterocycles. The molecule has 0 amide bonds. The van der Waals surface area contributed by atoms with Crippen LogP contribution in [0.1, 0.15) is 59.3 Å². The number of ether oxygens (including phenoxy) is 2. The molecule has 1 aliphatic carbocycles. The van der Waals surface area contributed by atoms with Gasteiger partial charge in [-0.1, -0.05) is 32.1 Å². The van der Waals surface area contributed by atoms with Crippen molar-refractivity contribution in [2.75, 3.05) is 13.2 Å². The molecule has 0 spiro atoms. The van der Waals surface area contributed by atoms with Gasteiger partial charge in [0.15, 0.2) is 11.4 Å². The third-order valence-corrected chi connectivity index (χ3v) is 4.76. The van der Waals surface area contributed by atoms with Crippen molar-refractivity contribution in [2.45, 2.75) is 76.6 Å². The van der Waals surface area contributed by atoms with Crippen LogP contribution in [0.2, 0.25) is 0 Å². The summed E-state index contributed by atoms with van der Waals surface area (Å²) < 4.78 is 10.9. The maximum absolute atomic E-state index is 12.2. The molecule has 116 valence electrons. The van der Waals surface area contributed by atoms with E-state index in [-0.39, 0.29) is 18.5 Å². The van der Waals surface area contributed by atoms with Gasteiger partial charge in [-0.25, -0.2) is 0 Å². The zero-order valence-corrected chi connectivity index (χ0v) is 13.0. The van der Waals surface area contributed by atoms with Gasteiger partial charge in [0.05, 0.1) is 18.3 Å². The highest BCUT2D eigenvalue weighted by Gasteiger charge is 2.61. The molecule has 4 heteroatoms. The van der Waals surface area contributed by atoms with E-state index in [1.165, 1.54) is 32.1 Å². The van der Waals surface area contributed by atoms with Gasteiger partial charge in [-0.2, -0.15) is 0 Å². The van der Waals surface area contributed by atoms with Crippen molar-refractivity contribution >= 4 is 5.78 Å². The number of ketones is 1. The second kappa shape index (κ2) is 6.12. The van der Waals surface area contributed by atoms with Crippen LogP contribution in [0.15, 0.2) is 0 Å². The second-order valence-electron chi connectivity index (χ2n) is 6.96.